The van der Waals surface area contributed by atoms with Gasteiger partial charge in [0.25, 0.3) is 0 Å². The second-order valence-corrected chi connectivity index (χ2v) is 4.80. The van der Waals surface area contributed by atoms with Crippen LogP contribution in [0.4, 0.5) is 0 Å². The Bertz CT molecular complexity index is 355. The zero-order valence-electron chi connectivity index (χ0n) is 11.8. The van der Waals surface area contributed by atoms with Crippen LogP contribution in [-0.4, -0.2) is 41.5 Å². The van der Waals surface area contributed by atoms with Gasteiger partial charge in [-0.15, -0.1) is 0 Å². The monoisotopic (exact) mass is 288 g/mol. The molecule has 1 unspecified atom stereocenters. The highest BCUT2D eigenvalue weighted by Gasteiger charge is 2.42. The first-order chi connectivity index (χ1) is 9.33. The average molecular weight is 288 g/mol. The number of hydrogen-bond donors (Lipinski definition) is 1. The first-order valence-corrected chi connectivity index (χ1v) is 6.55. The van der Waals surface area contributed by atoms with Gasteiger partial charge in [-0.2, -0.15) is 0 Å². The molecule has 7 nitrogen and oxygen atoms in total. The summed E-state index contributed by atoms with van der Waals surface area (Å²) in [4.78, 5) is 32.9. The summed E-state index contributed by atoms with van der Waals surface area (Å²) >= 11 is 0. The minimum atomic E-state index is -0.989. The van der Waals surface area contributed by atoms with E-state index in [1.54, 1.807) is 0 Å². The highest BCUT2D eigenvalue weighted by molar-refractivity contribution is 5.68. The number of hydrogen-bond acceptors (Lipinski definition) is 6. The molecule has 1 saturated heterocycles. The summed E-state index contributed by atoms with van der Waals surface area (Å²) in [7, 11) is 0. The summed E-state index contributed by atoms with van der Waals surface area (Å²) in [6, 6.07) is 0. The molecule has 1 rings (SSSR count). The normalized spacial score (nSPS) is 26.9. The summed E-state index contributed by atoms with van der Waals surface area (Å²) in [6.45, 7) is 4.37. The quantitative estimate of drug-likeness (QED) is 0.730. The standard InChI is InChI=1S/C13H20O7/c1-4-10(18-7(2)14)11-5-9(6-12(16)17)13(20-11)19-8(3)15/h9-11,13H,4-6H2,1-3H3,(H,16,17)/t9-,10+,11+,13?/m1/s1. The Balaban J connectivity index is 2.73. The maximum Gasteiger partial charge on any atom is 0.304 e. The van der Waals surface area contributed by atoms with Crippen molar-refractivity contribution in [3.8, 4) is 0 Å². The Hall–Kier alpha value is -1.63. The number of carboxylic acids is 1. The molecule has 1 aliphatic heterocycles. The van der Waals surface area contributed by atoms with Crippen molar-refractivity contribution in [1.82, 2.24) is 0 Å². The molecule has 1 aliphatic rings. The topological polar surface area (TPSA) is 99.1 Å². The van der Waals surface area contributed by atoms with Gasteiger partial charge < -0.3 is 19.3 Å². The van der Waals surface area contributed by atoms with Crippen molar-refractivity contribution in [1.29, 1.82) is 0 Å². The van der Waals surface area contributed by atoms with Gasteiger partial charge in [-0.25, -0.2) is 0 Å². The first-order valence-electron chi connectivity index (χ1n) is 6.55. The van der Waals surface area contributed by atoms with E-state index in [-0.39, 0.29) is 6.42 Å². The molecule has 7 heteroatoms. The Morgan fingerprint density at radius 3 is 2.40 bits per heavy atom. The molecule has 4 atom stereocenters. The molecule has 0 aromatic carbocycles. The maximum atomic E-state index is 11.0. The summed E-state index contributed by atoms with van der Waals surface area (Å²) in [5.74, 6) is -2.39. The number of carboxylic acid groups (broad SMARTS) is 1. The Morgan fingerprint density at radius 2 is 1.95 bits per heavy atom. The van der Waals surface area contributed by atoms with Crippen molar-refractivity contribution in [2.45, 2.75) is 58.5 Å². The fourth-order valence-electron chi connectivity index (χ4n) is 2.31. The van der Waals surface area contributed by atoms with Gasteiger partial charge in [0.15, 0.2) is 0 Å². The minimum absolute atomic E-state index is 0.162. The minimum Gasteiger partial charge on any atom is -0.481 e. The average Bonchev–Trinajstić information content (AvgIpc) is 2.67. The predicted molar refractivity (Wildman–Crippen MR) is 66.6 cm³/mol. The van der Waals surface area contributed by atoms with Gasteiger partial charge in [-0.3, -0.25) is 14.4 Å². The first kappa shape index (κ1) is 16.4. The molecule has 0 aliphatic carbocycles. The molecule has 0 radical (unpaired) electrons. The van der Waals surface area contributed by atoms with Crippen LogP contribution in [0, 0.1) is 5.92 Å². The van der Waals surface area contributed by atoms with Crippen molar-refractivity contribution in [2.24, 2.45) is 5.92 Å². The van der Waals surface area contributed by atoms with Gasteiger partial charge in [-0.05, 0) is 12.8 Å². The molecule has 0 aromatic rings. The summed E-state index contributed by atoms with van der Waals surface area (Å²) < 4.78 is 15.7. The third-order valence-corrected chi connectivity index (χ3v) is 3.08. The number of ether oxygens (including phenoxy) is 3. The number of carbonyl (C=O) groups is 3. The van der Waals surface area contributed by atoms with E-state index in [0.29, 0.717) is 12.8 Å². The lowest BCUT2D eigenvalue weighted by molar-refractivity contribution is -0.191. The van der Waals surface area contributed by atoms with Gasteiger partial charge >= 0.3 is 17.9 Å². The highest BCUT2D eigenvalue weighted by atomic mass is 16.7. The predicted octanol–water partition coefficient (Wildman–Crippen LogP) is 1.10. The number of aliphatic carboxylic acids is 1. The zero-order chi connectivity index (χ0) is 15.3. The molecule has 114 valence electrons. The van der Waals surface area contributed by atoms with Crippen molar-refractivity contribution in [3.63, 3.8) is 0 Å². The molecule has 1 N–H and O–H groups in total. The molecular weight excluding hydrogens is 268 g/mol. The van der Waals surface area contributed by atoms with Gasteiger partial charge in [0.05, 0.1) is 12.5 Å². The van der Waals surface area contributed by atoms with Crippen LogP contribution in [0.15, 0.2) is 0 Å². The van der Waals surface area contributed by atoms with Crippen LogP contribution in [0.3, 0.4) is 0 Å². The van der Waals surface area contributed by atoms with Crippen LogP contribution in [0.5, 0.6) is 0 Å². The Kier molecular flexibility index (Phi) is 5.94. The molecule has 1 fully saturated rings. The van der Waals surface area contributed by atoms with E-state index in [4.69, 9.17) is 19.3 Å². The fourth-order valence-corrected chi connectivity index (χ4v) is 2.31. The van der Waals surface area contributed by atoms with E-state index in [1.807, 2.05) is 6.92 Å². The number of rotatable bonds is 6. The van der Waals surface area contributed by atoms with Crippen LogP contribution in [0.2, 0.25) is 0 Å². The van der Waals surface area contributed by atoms with E-state index in [2.05, 4.69) is 0 Å². The highest BCUT2D eigenvalue weighted by Crippen LogP contribution is 2.33. The maximum absolute atomic E-state index is 11.0. The van der Waals surface area contributed by atoms with Crippen LogP contribution < -0.4 is 0 Å². The van der Waals surface area contributed by atoms with Crippen LogP contribution in [-0.2, 0) is 28.6 Å². The molecule has 0 saturated carbocycles. The van der Waals surface area contributed by atoms with E-state index >= 15 is 0 Å². The van der Waals surface area contributed by atoms with Crippen molar-refractivity contribution in [2.75, 3.05) is 0 Å². The smallest absolute Gasteiger partial charge is 0.304 e. The van der Waals surface area contributed by atoms with E-state index in [1.165, 1.54) is 13.8 Å². The second kappa shape index (κ2) is 7.23. The molecule has 1 heterocycles. The van der Waals surface area contributed by atoms with E-state index in [9.17, 15) is 14.4 Å². The molecule has 0 amide bonds. The third kappa shape index (κ3) is 4.80. The Labute approximate surface area is 117 Å². The molecule has 20 heavy (non-hydrogen) atoms. The van der Waals surface area contributed by atoms with E-state index in [0.717, 1.165) is 0 Å². The molecule has 0 aromatic heterocycles. The zero-order valence-corrected chi connectivity index (χ0v) is 11.8. The van der Waals surface area contributed by atoms with Crippen LogP contribution >= 0.6 is 0 Å². The third-order valence-electron chi connectivity index (χ3n) is 3.08. The van der Waals surface area contributed by atoms with Crippen LogP contribution in [0.1, 0.15) is 40.0 Å². The number of esters is 2. The molecular formula is C13H20O7. The van der Waals surface area contributed by atoms with Gasteiger partial charge in [0.1, 0.15) is 6.10 Å². The summed E-state index contributed by atoms with van der Waals surface area (Å²) in [6.07, 6.45) is -1.09. The van der Waals surface area contributed by atoms with Gasteiger partial charge in [-0.1, -0.05) is 6.92 Å². The lowest BCUT2D eigenvalue weighted by Gasteiger charge is -2.22. The molecule has 0 bridgehead atoms. The lowest BCUT2D eigenvalue weighted by Crippen LogP contribution is -2.31. The lowest BCUT2D eigenvalue weighted by atomic mass is 9.97. The summed E-state index contributed by atoms with van der Waals surface area (Å²) in [5, 5.41) is 8.87. The number of carbonyl (C=O) groups excluding carboxylic acids is 2. The van der Waals surface area contributed by atoms with Crippen molar-refractivity contribution >= 4 is 17.9 Å². The molecule has 0 spiro atoms. The van der Waals surface area contributed by atoms with Gasteiger partial charge in [0.2, 0.25) is 6.29 Å². The van der Waals surface area contributed by atoms with Crippen LogP contribution in [0.25, 0.3) is 0 Å². The fraction of sp³-hybridized carbons (Fsp3) is 0.769. The Morgan fingerprint density at radius 1 is 1.30 bits per heavy atom. The second-order valence-electron chi connectivity index (χ2n) is 4.80. The van der Waals surface area contributed by atoms with E-state index < -0.39 is 42.3 Å². The van der Waals surface area contributed by atoms with Crippen molar-refractivity contribution < 1.29 is 33.7 Å². The summed E-state index contributed by atoms with van der Waals surface area (Å²) in [5.41, 5.74) is 0. The van der Waals surface area contributed by atoms with Gasteiger partial charge in [0, 0.05) is 19.8 Å². The SMILES string of the molecule is CC[C@H](OC(C)=O)[C@@H]1C[C@H](CC(=O)O)C(OC(C)=O)O1. The van der Waals surface area contributed by atoms with Crippen molar-refractivity contribution in [3.05, 3.63) is 0 Å². The largest absolute Gasteiger partial charge is 0.481 e.